The molecule has 0 saturated heterocycles. The zero-order chi connectivity index (χ0) is 14.7. The van der Waals surface area contributed by atoms with Gasteiger partial charge in [-0.1, -0.05) is 23.7 Å². The molecule has 7 heteroatoms. The molecule has 2 aromatic rings. The van der Waals surface area contributed by atoms with Gasteiger partial charge in [0, 0.05) is 12.1 Å². The highest BCUT2D eigenvalue weighted by Gasteiger charge is 2.16. The number of rotatable bonds is 4. The van der Waals surface area contributed by atoms with Gasteiger partial charge in [0.25, 0.3) is 5.69 Å². The van der Waals surface area contributed by atoms with E-state index in [4.69, 9.17) is 16.7 Å². The lowest BCUT2D eigenvalue weighted by atomic mass is 10.1. The fourth-order valence-electron chi connectivity index (χ4n) is 1.64. The van der Waals surface area contributed by atoms with E-state index in [-0.39, 0.29) is 16.9 Å². The van der Waals surface area contributed by atoms with Crippen molar-refractivity contribution >= 4 is 34.6 Å². The SMILES string of the molecule is O=C(O)c1cc([N+](=O)[O-])ccc1Nc1ccccc1Cl. The van der Waals surface area contributed by atoms with Gasteiger partial charge in [-0.3, -0.25) is 10.1 Å². The number of hydrogen-bond acceptors (Lipinski definition) is 4. The van der Waals surface area contributed by atoms with Gasteiger partial charge in [-0.05, 0) is 18.2 Å². The smallest absolute Gasteiger partial charge is 0.338 e. The van der Waals surface area contributed by atoms with Crippen molar-refractivity contribution in [2.75, 3.05) is 5.32 Å². The molecule has 20 heavy (non-hydrogen) atoms. The van der Waals surface area contributed by atoms with Crippen LogP contribution in [0.2, 0.25) is 5.02 Å². The van der Waals surface area contributed by atoms with Crippen LogP contribution < -0.4 is 5.32 Å². The maximum absolute atomic E-state index is 11.2. The molecule has 0 amide bonds. The van der Waals surface area contributed by atoms with E-state index in [0.717, 1.165) is 6.07 Å². The van der Waals surface area contributed by atoms with Crippen molar-refractivity contribution in [2.45, 2.75) is 0 Å². The molecule has 0 fully saturated rings. The standard InChI is InChI=1S/C13H9ClN2O4/c14-10-3-1-2-4-12(10)15-11-6-5-8(16(19)20)7-9(11)13(17)18/h1-7,15H,(H,17,18). The van der Waals surface area contributed by atoms with E-state index in [1.807, 2.05) is 0 Å². The number of anilines is 2. The summed E-state index contributed by atoms with van der Waals surface area (Å²) < 4.78 is 0. The molecule has 2 aromatic carbocycles. The first-order valence-electron chi connectivity index (χ1n) is 5.52. The Balaban J connectivity index is 2.44. The number of halogens is 1. The molecule has 0 unspecified atom stereocenters. The van der Waals surface area contributed by atoms with Crippen LogP contribution in [0, 0.1) is 10.1 Å². The second-order valence-electron chi connectivity index (χ2n) is 3.90. The molecule has 0 radical (unpaired) electrons. The van der Waals surface area contributed by atoms with Gasteiger partial charge in [0.05, 0.1) is 26.9 Å². The van der Waals surface area contributed by atoms with E-state index >= 15 is 0 Å². The number of nitro groups is 1. The van der Waals surface area contributed by atoms with E-state index < -0.39 is 10.9 Å². The van der Waals surface area contributed by atoms with Crippen LogP contribution in [0.1, 0.15) is 10.4 Å². The average molecular weight is 293 g/mol. The molecule has 6 nitrogen and oxygen atoms in total. The molecule has 0 aliphatic rings. The quantitative estimate of drug-likeness (QED) is 0.662. The van der Waals surface area contributed by atoms with E-state index in [9.17, 15) is 14.9 Å². The predicted octanol–water partition coefficient (Wildman–Crippen LogP) is 3.69. The van der Waals surface area contributed by atoms with Crippen LogP contribution in [0.15, 0.2) is 42.5 Å². The summed E-state index contributed by atoms with van der Waals surface area (Å²) in [6, 6.07) is 10.4. The maximum Gasteiger partial charge on any atom is 0.338 e. The second-order valence-corrected chi connectivity index (χ2v) is 4.30. The van der Waals surface area contributed by atoms with Gasteiger partial charge in [-0.25, -0.2) is 4.79 Å². The van der Waals surface area contributed by atoms with E-state index in [1.165, 1.54) is 12.1 Å². The maximum atomic E-state index is 11.2. The lowest BCUT2D eigenvalue weighted by molar-refractivity contribution is -0.384. The van der Waals surface area contributed by atoms with Crippen molar-refractivity contribution in [1.29, 1.82) is 0 Å². The van der Waals surface area contributed by atoms with Crippen molar-refractivity contribution in [3.63, 3.8) is 0 Å². The molecule has 0 aromatic heterocycles. The lowest BCUT2D eigenvalue weighted by Crippen LogP contribution is -2.04. The van der Waals surface area contributed by atoms with Gasteiger partial charge in [0.15, 0.2) is 0 Å². The first-order chi connectivity index (χ1) is 9.49. The van der Waals surface area contributed by atoms with Crippen LogP contribution in [-0.2, 0) is 0 Å². The Kier molecular flexibility index (Phi) is 3.86. The number of non-ortho nitro benzene ring substituents is 1. The molecule has 102 valence electrons. The van der Waals surface area contributed by atoms with E-state index in [1.54, 1.807) is 24.3 Å². The number of nitrogens with zero attached hydrogens (tertiary/aromatic N) is 1. The molecule has 2 N–H and O–H groups in total. The molecule has 0 atom stereocenters. The van der Waals surface area contributed by atoms with E-state index in [0.29, 0.717) is 10.7 Å². The van der Waals surface area contributed by atoms with Gasteiger partial charge >= 0.3 is 5.97 Å². The number of carboxylic acid groups (broad SMARTS) is 1. The third-order valence-corrected chi connectivity index (χ3v) is 2.92. The van der Waals surface area contributed by atoms with Crippen molar-refractivity contribution < 1.29 is 14.8 Å². The minimum Gasteiger partial charge on any atom is -0.478 e. The summed E-state index contributed by atoms with van der Waals surface area (Å²) in [6.07, 6.45) is 0. The fourth-order valence-corrected chi connectivity index (χ4v) is 1.82. The summed E-state index contributed by atoms with van der Waals surface area (Å²) in [4.78, 5) is 21.2. The number of para-hydroxylation sites is 1. The summed E-state index contributed by atoms with van der Waals surface area (Å²) in [5, 5.41) is 23.1. The van der Waals surface area contributed by atoms with Crippen LogP contribution >= 0.6 is 11.6 Å². The number of benzene rings is 2. The molecule has 0 aliphatic heterocycles. The number of nitro benzene ring substituents is 1. The minimum absolute atomic E-state index is 0.195. The number of carbonyl (C=O) groups is 1. The zero-order valence-corrected chi connectivity index (χ0v) is 10.8. The van der Waals surface area contributed by atoms with Gasteiger partial charge < -0.3 is 10.4 Å². The number of hydrogen-bond donors (Lipinski definition) is 2. The molecule has 0 spiro atoms. The topological polar surface area (TPSA) is 92.5 Å². The van der Waals surface area contributed by atoms with Gasteiger partial charge in [0.1, 0.15) is 0 Å². The summed E-state index contributed by atoms with van der Waals surface area (Å²) >= 11 is 5.97. The van der Waals surface area contributed by atoms with Crippen molar-refractivity contribution in [1.82, 2.24) is 0 Å². The number of carboxylic acids is 1. The highest BCUT2D eigenvalue weighted by Crippen LogP contribution is 2.29. The lowest BCUT2D eigenvalue weighted by Gasteiger charge is -2.10. The number of aromatic carboxylic acids is 1. The van der Waals surface area contributed by atoms with Crippen molar-refractivity contribution in [3.8, 4) is 0 Å². The molecule has 0 saturated carbocycles. The summed E-state index contributed by atoms with van der Waals surface area (Å²) in [5.41, 5.74) is 0.271. The monoisotopic (exact) mass is 292 g/mol. The molecular weight excluding hydrogens is 284 g/mol. The first kappa shape index (κ1) is 13.8. The molecular formula is C13H9ClN2O4. The molecule has 0 bridgehead atoms. The van der Waals surface area contributed by atoms with Crippen LogP contribution in [0.4, 0.5) is 17.1 Å². The Labute approximate surface area is 118 Å². The van der Waals surface area contributed by atoms with Crippen molar-refractivity contribution in [3.05, 3.63) is 63.2 Å². The van der Waals surface area contributed by atoms with E-state index in [2.05, 4.69) is 5.32 Å². The molecule has 0 aliphatic carbocycles. The fraction of sp³-hybridized carbons (Fsp3) is 0. The highest BCUT2D eigenvalue weighted by atomic mass is 35.5. The highest BCUT2D eigenvalue weighted by molar-refractivity contribution is 6.33. The normalized spacial score (nSPS) is 10.1. The Morgan fingerprint density at radius 2 is 1.90 bits per heavy atom. The number of nitrogens with one attached hydrogen (secondary N) is 1. The Hall–Kier alpha value is -2.60. The second kappa shape index (κ2) is 5.58. The average Bonchev–Trinajstić information content (AvgIpc) is 2.41. The largest absolute Gasteiger partial charge is 0.478 e. The van der Waals surface area contributed by atoms with Gasteiger partial charge in [-0.2, -0.15) is 0 Å². The summed E-state index contributed by atoms with van der Waals surface area (Å²) in [6.45, 7) is 0. The predicted molar refractivity (Wildman–Crippen MR) is 74.8 cm³/mol. The first-order valence-corrected chi connectivity index (χ1v) is 5.90. The summed E-state index contributed by atoms with van der Waals surface area (Å²) in [5.74, 6) is -1.26. The zero-order valence-electron chi connectivity index (χ0n) is 10.0. The van der Waals surface area contributed by atoms with Crippen LogP contribution in [0.25, 0.3) is 0 Å². The van der Waals surface area contributed by atoms with Crippen LogP contribution in [-0.4, -0.2) is 16.0 Å². The Morgan fingerprint density at radius 3 is 2.50 bits per heavy atom. The third-order valence-electron chi connectivity index (χ3n) is 2.59. The molecule has 0 heterocycles. The Morgan fingerprint density at radius 1 is 1.20 bits per heavy atom. The van der Waals surface area contributed by atoms with Gasteiger partial charge in [0.2, 0.25) is 0 Å². The van der Waals surface area contributed by atoms with Gasteiger partial charge in [-0.15, -0.1) is 0 Å². The van der Waals surface area contributed by atoms with Crippen molar-refractivity contribution in [2.24, 2.45) is 0 Å². The van der Waals surface area contributed by atoms with Crippen LogP contribution in [0.5, 0.6) is 0 Å². The minimum atomic E-state index is -1.26. The van der Waals surface area contributed by atoms with Crippen LogP contribution in [0.3, 0.4) is 0 Å². The third kappa shape index (κ3) is 2.86. The summed E-state index contributed by atoms with van der Waals surface area (Å²) in [7, 11) is 0. The molecule has 2 rings (SSSR count). The Bertz CT molecular complexity index is 688.